The first-order valence-corrected chi connectivity index (χ1v) is 5.75. The van der Waals surface area contributed by atoms with E-state index in [-0.39, 0.29) is 23.7 Å². The molecule has 0 fully saturated rings. The van der Waals surface area contributed by atoms with E-state index < -0.39 is 5.97 Å². The predicted molar refractivity (Wildman–Crippen MR) is 65.3 cm³/mol. The molecule has 0 unspecified atom stereocenters. The fraction of sp³-hybridized carbons (Fsp3) is 0.300. The lowest BCUT2D eigenvalue weighted by Crippen LogP contribution is -2.04. The molecular weight excluding hydrogens is 274 g/mol. The number of halogens is 1. The Hall–Kier alpha value is -2.22. The van der Waals surface area contributed by atoms with Crippen LogP contribution in [0.5, 0.6) is 0 Å². The second-order valence-electron chi connectivity index (χ2n) is 3.38. The van der Waals surface area contributed by atoms with Crippen molar-refractivity contribution in [1.29, 1.82) is 0 Å². The molecule has 2 aromatic rings. The average molecular weight is 284 g/mol. The zero-order valence-corrected chi connectivity index (χ0v) is 10.9. The van der Waals surface area contributed by atoms with Gasteiger partial charge in [-0.2, -0.15) is 0 Å². The van der Waals surface area contributed by atoms with E-state index in [0.717, 1.165) is 0 Å². The van der Waals surface area contributed by atoms with E-state index in [1.54, 1.807) is 13.8 Å². The van der Waals surface area contributed by atoms with Crippen molar-refractivity contribution in [2.45, 2.75) is 13.8 Å². The summed E-state index contributed by atoms with van der Waals surface area (Å²) in [6.07, 6.45) is 0. The Balaban J connectivity index is 2.13. The van der Waals surface area contributed by atoms with Gasteiger partial charge in [-0.1, -0.05) is 21.8 Å². The molecule has 0 aliphatic carbocycles. The molecule has 0 aliphatic rings. The van der Waals surface area contributed by atoms with Crippen LogP contribution in [0, 0.1) is 6.92 Å². The molecule has 2 heterocycles. The number of aryl methyl sites for hydroxylation is 1. The van der Waals surface area contributed by atoms with Gasteiger partial charge < -0.3 is 9.15 Å². The number of rotatable bonds is 4. The van der Waals surface area contributed by atoms with Crippen LogP contribution in [0.15, 0.2) is 10.5 Å². The maximum atomic E-state index is 11.3. The molecule has 19 heavy (non-hydrogen) atoms. The Morgan fingerprint density at radius 3 is 2.95 bits per heavy atom. The molecule has 100 valence electrons. The summed E-state index contributed by atoms with van der Waals surface area (Å²) in [5.41, 5.74) is 0. The zero-order chi connectivity index (χ0) is 13.8. The lowest BCUT2D eigenvalue weighted by atomic mass is 10.5. The highest BCUT2D eigenvalue weighted by molar-refractivity contribution is 6.29. The molecule has 8 nitrogen and oxygen atoms in total. The van der Waals surface area contributed by atoms with Gasteiger partial charge in [-0.15, -0.1) is 0 Å². The van der Waals surface area contributed by atoms with Gasteiger partial charge in [0.15, 0.2) is 0 Å². The number of ether oxygens (including phenoxy) is 1. The van der Waals surface area contributed by atoms with Gasteiger partial charge in [0, 0.05) is 6.07 Å². The quantitative estimate of drug-likeness (QED) is 0.668. The minimum Gasteiger partial charge on any atom is -0.459 e. The fourth-order valence-corrected chi connectivity index (χ4v) is 1.48. The smallest absolute Gasteiger partial charge is 0.396 e. The van der Waals surface area contributed by atoms with E-state index in [1.165, 1.54) is 6.07 Å². The third-order valence-electron chi connectivity index (χ3n) is 1.92. The first-order valence-electron chi connectivity index (χ1n) is 5.37. The minimum atomic E-state index is -0.681. The number of carbonyl (C=O) groups excluding carboxylic acids is 1. The largest absolute Gasteiger partial charge is 0.459 e. The van der Waals surface area contributed by atoms with Crippen LogP contribution in [0.25, 0.3) is 0 Å². The van der Waals surface area contributed by atoms with E-state index in [1.807, 2.05) is 0 Å². The first kappa shape index (κ1) is 13.2. The van der Waals surface area contributed by atoms with Crippen molar-refractivity contribution in [3.8, 4) is 0 Å². The number of nitrogens with zero attached hydrogens (tertiary/aromatic N) is 4. The van der Waals surface area contributed by atoms with Gasteiger partial charge in [0.05, 0.1) is 6.61 Å². The highest BCUT2D eigenvalue weighted by Gasteiger charge is 2.16. The number of aromatic nitrogens is 4. The SMILES string of the molecule is CCOC(=O)c1nnc(Nc2cc(Cl)nc(C)n2)o1. The van der Waals surface area contributed by atoms with E-state index in [9.17, 15) is 4.79 Å². The Morgan fingerprint density at radius 1 is 1.47 bits per heavy atom. The Bertz CT molecular complexity index is 580. The number of nitrogens with one attached hydrogen (secondary N) is 1. The molecular formula is C10H10ClN5O3. The van der Waals surface area contributed by atoms with Gasteiger partial charge in [-0.05, 0) is 13.8 Å². The first-order chi connectivity index (χ1) is 9.08. The summed E-state index contributed by atoms with van der Waals surface area (Å²) < 4.78 is 9.79. The Morgan fingerprint density at radius 2 is 2.26 bits per heavy atom. The summed E-state index contributed by atoms with van der Waals surface area (Å²) in [4.78, 5) is 19.3. The molecule has 2 aromatic heterocycles. The molecule has 9 heteroatoms. The van der Waals surface area contributed by atoms with Crippen molar-refractivity contribution in [2.24, 2.45) is 0 Å². The van der Waals surface area contributed by atoms with Crippen LogP contribution in [0.4, 0.5) is 11.8 Å². The van der Waals surface area contributed by atoms with Crippen LogP contribution < -0.4 is 5.32 Å². The van der Waals surface area contributed by atoms with E-state index in [2.05, 4.69) is 25.5 Å². The van der Waals surface area contributed by atoms with Gasteiger partial charge in [0.1, 0.15) is 16.8 Å². The second kappa shape index (κ2) is 5.61. The van der Waals surface area contributed by atoms with Crippen LogP contribution in [-0.4, -0.2) is 32.7 Å². The number of hydrogen-bond donors (Lipinski definition) is 1. The van der Waals surface area contributed by atoms with E-state index in [4.69, 9.17) is 20.8 Å². The number of hydrogen-bond acceptors (Lipinski definition) is 8. The van der Waals surface area contributed by atoms with Crippen molar-refractivity contribution in [1.82, 2.24) is 20.2 Å². The van der Waals surface area contributed by atoms with Crippen LogP contribution in [-0.2, 0) is 4.74 Å². The lowest BCUT2D eigenvalue weighted by molar-refractivity contribution is 0.0481. The van der Waals surface area contributed by atoms with Gasteiger partial charge in [-0.25, -0.2) is 14.8 Å². The highest BCUT2D eigenvalue weighted by atomic mass is 35.5. The molecule has 0 bridgehead atoms. The van der Waals surface area contributed by atoms with Crippen LogP contribution in [0.3, 0.4) is 0 Å². The summed E-state index contributed by atoms with van der Waals surface area (Å²) in [7, 11) is 0. The summed E-state index contributed by atoms with van der Waals surface area (Å²) >= 11 is 5.78. The molecule has 0 atom stereocenters. The molecule has 1 N–H and O–H groups in total. The van der Waals surface area contributed by atoms with Crippen LogP contribution in [0.1, 0.15) is 23.4 Å². The Labute approximate surface area is 113 Å². The van der Waals surface area contributed by atoms with Crippen molar-refractivity contribution in [3.05, 3.63) is 22.9 Å². The van der Waals surface area contributed by atoms with Gasteiger partial charge in [-0.3, -0.25) is 5.32 Å². The molecule has 0 spiro atoms. The third kappa shape index (κ3) is 3.38. The molecule has 2 rings (SSSR count). The lowest BCUT2D eigenvalue weighted by Gasteiger charge is -2.01. The maximum Gasteiger partial charge on any atom is 0.396 e. The van der Waals surface area contributed by atoms with Gasteiger partial charge >= 0.3 is 17.9 Å². The summed E-state index contributed by atoms with van der Waals surface area (Å²) in [5, 5.41) is 10.2. The Kier molecular flexibility index (Phi) is 3.91. The number of carbonyl (C=O) groups is 1. The van der Waals surface area contributed by atoms with Crippen molar-refractivity contribution >= 4 is 29.4 Å². The van der Waals surface area contributed by atoms with Crippen molar-refractivity contribution in [2.75, 3.05) is 11.9 Å². The van der Waals surface area contributed by atoms with Crippen molar-refractivity contribution < 1.29 is 13.9 Å². The highest BCUT2D eigenvalue weighted by Crippen LogP contribution is 2.16. The topological polar surface area (TPSA) is 103 Å². The number of anilines is 2. The summed E-state index contributed by atoms with van der Waals surface area (Å²) in [5.74, 6) is -0.0436. The van der Waals surface area contributed by atoms with Gasteiger partial charge in [0.2, 0.25) is 0 Å². The minimum absolute atomic E-state index is 0.0113. The van der Waals surface area contributed by atoms with Gasteiger partial charge in [0.25, 0.3) is 0 Å². The fourth-order valence-electron chi connectivity index (χ4n) is 1.25. The van der Waals surface area contributed by atoms with E-state index >= 15 is 0 Å². The zero-order valence-electron chi connectivity index (χ0n) is 10.2. The summed E-state index contributed by atoms with van der Waals surface area (Å²) in [6, 6.07) is 1.50. The number of esters is 1. The molecule has 0 saturated heterocycles. The molecule has 0 aromatic carbocycles. The standard InChI is InChI=1S/C10H10ClN5O3/c1-3-18-9(17)8-15-16-10(19-8)14-7-4-6(11)12-5(2)13-7/h4H,3H2,1-2H3,(H,12,13,14,16). The maximum absolute atomic E-state index is 11.3. The average Bonchev–Trinajstić information content (AvgIpc) is 2.76. The predicted octanol–water partition coefficient (Wildman–Crippen LogP) is 1.74. The van der Waals surface area contributed by atoms with E-state index in [0.29, 0.717) is 11.6 Å². The van der Waals surface area contributed by atoms with Crippen LogP contribution >= 0.6 is 11.6 Å². The monoisotopic (exact) mass is 283 g/mol. The van der Waals surface area contributed by atoms with Crippen molar-refractivity contribution in [3.63, 3.8) is 0 Å². The summed E-state index contributed by atoms with van der Waals surface area (Å²) in [6.45, 7) is 3.60. The third-order valence-corrected chi connectivity index (χ3v) is 2.11. The normalized spacial score (nSPS) is 10.3. The second-order valence-corrected chi connectivity index (χ2v) is 3.77. The molecule has 0 aliphatic heterocycles. The molecule has 0 amide bonds. The van der Waals surface area contributed by atoms with Crippen LogP contribution in [0.2, 0.25) is 5.15 Å². The molecule has 0 saturated carbocycles. The molecule has 0 radical (unpaired) electrons.